The van der Waals surface area contributed by atoms with Crippen LogP contribution in [0.2, 0.25) is 0 Å². The number of hydrogen-bond acceptors (Lipinski definition) is 3. The lowest BCUT2D eigenvalue weighted by Crippen LogP contribution is -2.49. The molecule has 2 heterocycles. The van der Waals surface area contributed by atoms with Gasteiger partial charge in [-0.3, -0.25) is 4.98 Å². The summed E-state index contributed by atoms with van der Waals surface area (Å²) in [5, 5.41) is 11.1. The van der Waals surface area contributed by atoms with E-state index in [-0.39, 0.29) is 5.41 Å². The highest BCUT2D eigenvalue weighted by Crippen LogP contribution is 2.53. The Labute approximate surface area is 108 Å². The van der Waals surface area contributed by atoms with Gasteiger partial charge in [0.2, 0.25) is 0 Å². The van der Waals surface area contributed by atoms with Crippen LogP contribution in [0, 0.1) is 5.41 Å². The van der Waals surface area contributed by atoms with Crippen molar-refractivity contribution in [1.82, 2.24) is 4.98 Å². The second-order valence-corrected chi connectivity index (χ2v) is 5.78. The molecule has 1 saturated heterocycles. The zero-order chi connectivity index (χ0) is 12.5. The topological polar surface area (TPSA) is 42.4 Å². The number of nitrogens with zero attached hydrogens (tertiary/aromatic N) is 1. The van der Waals surface area contributed by atoms with Gasteiger partial charge in [0, 0.05) is 36.9 Å². The van der Waals surface area contributed by atoms with E-state index < -0.39 is 5.60 Å². The van der Waals surface area contributed by atoms with Gasteiger partial charge in [-0.25, -0.2) is 0 Å². The van der Waals surface area contributed by atoms with E-state index in [4.69, 9.17) is 4.74 Å². The predicted octanol–water partition coefficient (Wildman–Crippen LogP) is 2.34. The Balaban J connectivity index is 1.83. The number of hydrogen-bond donors (Lipinski definition) is 1. The third kappa shape index (κ3) is 1.95. The first kappa shape index (κ1) is 12.1. The number of aliphatic hydroxyl groups is 1. The van der Waals surface area contributed by atoms with Crippen LogP contribution in [0.3, 0.4) is 0 Å². The third-order valence-electron chi connectivity index (χ3n) is 4.88. The molecule has 98 valence electrons. The molecule has 2 aliphatic rings. The molecule has 1 spiro atoms. The number of ether oxygens (including phenoxy) is 1. The lowest BCUT2D eigenvalue weighted by molar-refractivity contribution is -0.113. The van der Waals surface area contributed by atoms with Gasteiger partial charge >= 0.3 is 0 Å². The highest BCUT2D eigenvalue weighted by molar-refractivity contribution is 5.13. The van der Waals surface area contributed by atoms with Crippen molar-refractivity contribution in [3.05, 3.63) is 30.1 Å². The fraction of sp³-hybridized carbons (Fsp3) is 0.667. The van der Waals surface area contributed by atoms with E-state index in [1.165, 1.54) is 0 Å². The van der Waals surface area contributed by atoms with Gasteiger partial charge in [0.15, 0.2) is 0 Å². The molecule has 0 bridgehead atoms. The Morgan fingerprint density at radius 2 is 2.00 bits per heavy atom. The smallest absolute Gasteiger partial charge is 0.0760 e. The molecule has 1 aliphatic heterocycles. The zero-order valence-corrected chi connectivity index (χ0v) is 10.8. The van der Waals surface area contributed by atoms with Crippen molar-refractivity contribution in [2.24, 2.45) is 5.41 Å². The van der Waals surface area contributed by atoms with Gasteiger partial charge < -0.3 is 9.84 Å². The quantitative estimate of drug-likeness (QED) is 0.872. The molecule has 1 atom stereocenters. The van der Waals surface area contributed by atoms with Crippen LogP contribution in [-0.4, -0.2) is 28.9 Å². The molecule has 1 aliphatic carbocycles. The first-order valence-electron chi connectivity index (χ1n) is 6.94. The second kappa shape index (κ2) is 4.63. The normalized spacial score (nSPS) is 30.7. The lowest BCUT2D eigenvalue weighted by atomic mass is 9.67. The van der Waals surface area contributed by atoms with Gasteiger partial charge in [0.25, 0.3) is 0 Å². The molecule has 18 heavy (non-hydrogen) atoms. The maximum Gasteiger partial charge on any atom is 0.0760 e. The molecule has 0 amide bonds. The van der Waals surface area contributed by atoms with Crippen LogP contribution in [-0.2, 0) is 11.2 Å². The molecule has 1 aromatic heterocycles. The Hall–Kier alpha value is -0.930. The van der Waals surface area contributed by atoms with Gasteiger partial charge in [-0.05, 0) is 44.2 Å². The Morgan fingerprint density at radius 1 is 1.17 bits per heavy atom. The van der Waals surface area contributed by atoms with Crippen molar-refractivity contribution in [2.45, 2.75) is 44.1 Å². The van der Waals surface area contributed by atoms with E-state index in [1.54, 1.807) is 0 Å². The van der Waals surface area contributed by atoms with E-state index in [9.17, 15) is 5.11 Å². The molecular weight excluding hydrogens is 226 g/mol. The maximum absolute atomic E-state index is 11.1. The first-order chi connectivity index (χ1) is 8.74. The van der Waals surface area contributed by atoms with E-state index in [0.717, 1.165) is 51.0 Å². The van der Waals surface area contributed by atoms with E-state index in [0.29, 0.717) is 6.42 Å². The van der Waals surface area contributed by atoms with Crippen LogP contribution in [0.25, 0.3) is 0 Å². The molecule has 1 saturated carbocycles. The minimum absolute atomic E-state index is 0.0722. The maximum atomic E-state index is 11.1. The van der Waals surface area contributed by atoms with Crippen LogP contribution < -0.4 is 0 Å². The monoisotopic (exact) mass is 247 g/mol. The molecule has 1 unspecified atom stereocenters. The molecule has 3 rings (SSSR count). The molecule has 3 nitrogen and oxygen atoms in total. The third-order valence-corrected chi connectivity index (χ3v) is 4.88. The SMILES string of the molecule is OC1(Cc2ccccn2)CCCC12CCOCC2. The van der Waals surface area contributed by atoms with Crippen LogP contribution in [0.1, 0.15) is 37.8 Å². The lowest BCUT2D eigenvalue weighted by Gasteiger charge is -2.45. The zero-order valence-electron chi connectivity index (χ0n) is 10.8. The van der Waals surface area contributed by atoms with Crippen LogP contribution in [0.15, 0.2) is 24.4 Å². The molecule has 1 aromatic rings. The fourth-order valence-corrected chi connectivity index (χ4v) is 3.77. The minimum Gasteiger partial charge on any atom is -0.389 e. The highest BCUT2D eigenvalue weighted by atomic mass is 16.5. The summed E-state index contributed by atoms with van der Waals surface area (Å²) in [7, 11) is 0. The summed E-state index contributed by atoms with van der Waals surface area (Å²) in [6.07, 6.45) is 7.66. The van der Waals surface area contributed by atoms with Crippen molar-refractivity contribution in [2.75, 3.05) is 13.2 Å². The molecule has 1 N–H and O–H groups in total. The molecular formula is C15H21NO2. The van der Waals surface area contributed by atoms with Gasteiger partial charge in [-0.1, -0.05) is 6.07 Å². The minimum atomic E-state index is -0.578. The first-order valence-corrected chi connectivity index (χ1v) is 6.94. The number of aromatic nitrogens is 1. The molecule has 2 fully saturated rings. The van der Waals surface area contributed by atoms with Crippen molar-refractivity contribution in [1.29, 1.82) is 0 Å². The summed E-state index contributed by atoms with van der Waals surface area (Å²) < 4.78 is 5.47. The van der Waals surface area contributed by atoms with Gasteiger partial charge in [0.05, 0.1) is 5.60 Å². The number of rotatable bonds is 2. The van der Waals surface area contributed by atoms with Crippen molar-refractivity contribution >= 4 is 0 Å². The van der Waals surface area contributed by atoms with Gasteiger partial charge in [-0.2, -0.15) is 0 Å². The van der Waals surface area contributed by atoms with Crippen LogP contribution in [0.4, 0.5) is 0 Å². The van der Waals surface area contributed by atoms with Crippen molar-refractivity contribution < 1.29 is 9.84 Å². The fourth-order valence-electron chi connectivity index (χ4n) is 3.77. The Bertz CT molecular complexity index is 400. The predicted molar refractivity (Wildman–Crippen MR) is 69.2 cm³/mol. The average molecular weight is 247 g/mol. The standard InChI is InChI=1S/C15H21NO2/c17-15(12-13-4-1-2-9-16-13)6-3-5-14(15)7-10-18-11-8-14/h1-2,4,9,17H,3,5-8,10-12H2. The van der Waals surface area contributed by atoms with Crippen LogP contribution >= 0.6 is 0 Å². The van der Waals surface area contributed by atoms with Crippen molar-refractivity contribution in [3.8, 4) is 0 Å². The van der Waals surface area contributed by atoms with Gasteiger partial charge in [-0.15, -0.1) is 0 Å². The van der Waals surface area contributed by atoms with Crippen LogP contribution in [0.5, 0.6) is 0 Å². The Morgan fingerprint density at radius 3 is 2.72 bits per heavy atom. The van der Waals surface area contributed by atoms with E-state index >= 15 is 0 Å². The molecule has 0 radical (unpaired) electrons. The highest BCUT2D eigenvalue weighted by Gasteiger charge is 2.53. The summed E-state index contributed by atoms with van der Waals surface area (Å²) in [5.41, 5.74) is 0.501. The van der Waals surface area contributed by atoms with Gasteiger partial charge in [0.1, 0.15) is 0 Å². The molecule has 3 heteroatoms. The summed E-state index contributed by atoms with van der Waals surface area (Å²) in [5.74, 6) is 0. The molecule has 0 aromatic carbocycles. The summed E-state index contributed by atoms with van der Waals surface area (Å²) in [4.78, 5) is 4.37. The summed E-state index contributed by atoms with van der Waals surface area (Å²) in [6.45, 7) is 1.59. The second-order valence-electron chi connectivity index (χ2n) is 5.78. The summed E-state index contributed by atoms with van der Waals surface area (Å²) in [6, 6.07) is 5.94. The average Bonchev–Trinajstić information content (AvgIpc) is 2.69. The largest absolute Gasteiger partial charge is 0.389 e. The number of pyridine rings is 1. The summed E-state index contributed by atoms with van der Waals surface area (Å²) >= 11 is 0. The van der Waals surface area contributed by atoms with E-state index in [1.807, 2.05) is 24.4 Å². The van der Waals surface area contributed by atoms with Crippen molar-refractivity contribution in [3.63, 3.8) is 0 Å². The Kier molecular flexibility index (Phi) is 3.12. The van der Waals surface area contributed by atoms with E-state index in [2.05, 4.69) is 4.98 Å².